The van der Waals surface area contributed by atoms with Gasteiger partial charge in [-0.05, 0) is 30.2 Å². The smallest absolute Gasteiger partial charge is 0.270 e. The van der Waals surface area contributed by atoms with Crippen molar-refractivity contribution in [2.75, 3.05) is 24.7 Å². The first kappa shape index (κ1) is 18.4. The Balaban J connectivity index is 2.26. The van der Waals surface area contributed by atoms with Crippen molar-refractivity contribution in [3.63, 3.8) is 0 Å². The fourth-order valence-electron chi connectivity index (χ4n) is 2.30. The highest BCUT2D eigenvalue weighted by atomic mass is 79.9. The van der Waals surface area contributed by atoms with Crippen LogP contribution in [0.4, 0.5) is 11.4 Å². The minimum atomic E-state index is -3.58. The van der Waals surface area contributed by atoms with Crippen LogP contribution in [0.2, 0.25) is 0 Å². The zero-order chi connectivity index (χ0) is 17.9. The molecule has 24 heavy (non-hydrogen) atoms. The zero-order valence-electron chi connectivity index (χ0n) is 13.3. The summed E-state index contributed by atoms with van der Waals surface area (Å²) in [5.74, 6) is 0. The predicted molar refractivity (Wildman–Crippen MR) is 97.3 cm³/mol. The third kappa shape index (κ3) is 4.55. The molecular weight excluding hydrogens is 396 g/mol. The first-order chi connectivity index (χ1) is 11.2. The molecule has 0 aromatic heterocycles. The number of nitro benzene ring substituents is 1. The number of rotatable bonds is 6. The summed E-state index contributed by atoms with van der Waals surface area (Å²) in [4.78, 5) is 12.1. The molecule has 0 amide bonds. The standard InChI is InChI=1S/C16H17BrN2O4S/c1-18(10-9-12-3-5-13(17)6-4-12)15-8-7-14(19(20)21)11-16(15)24(2,22)23/h3-8,11H,9-10H2,1-2H3. The minimum Gasteiger partial charge on any atom is -0.373 e. The van der Waals surface area contributed by atoms with Crippen molar-refractivity contribution in [3.8, 4) is 0 Å². The van der Waals surface area contributed by atoms with E-state index < -0.39 is 14.8 Å². The quantitative estimate of drug-likeness (QED) is 0.536. The zero-order valence-corrected chi connectivity index (χ0v) is 15.7. The van der Waals surface area contributed by atoms with Gasteiger partial charge in [0, 0.05) is 36.5 Å². The Morgan fingerprint density at radius 3 is 2.33 bits per heavy atom. The lowest BCUT2D eigenvalue weighted by molar-refractivity contribution is -0.385. The van der Waals surface area contributed by atoms with Crippen molar-refractivity contribution < 1.29 is 13.3 Å². The van der Waals surface area contributed by atoms with Gasteiger partial charge in [0.05, 0.1) is 15.5 Å². The van der Waals surface area contributed by atoms with Gasteiger partial charge in [0.1, 0.15) is 0 Å². The maximum atomic E-state index is 12.0. The summed E-state index contributed by atoms with van der Waals surface area (Å²) in [6.07, 6.45) is 1.78. The topological polar surface area (TPSA) is 80.5 Å². The van der Waals surface area contributed by atoms with Gasteiger partial charge in [-0.15, -0.1) is 0 Å². The highest BCUT2D eigenvalue weighted by Gasteiger charge is 2.20. The van der Waals surface area contributed by atoms with Crippen LogP contribution in [0.5, 0.6) is 0 Å². The molecule has 0 bridgehead atoms. The van der Waals surface area contributed by atoms with E-state index in [1.54, 1.807) is 11.9 Å². The van der Waals surface area contributed by atoms with Gasteiger partial charge < -0.3 is 4.90 Å². The van der Waals surface area contributed by atoms with Crippen molar-refractivity contribution in [3.05, 3.63) is 62.6 Å². The lowest BCUT2D eigenvalue weighted by Gasteiger charge is -2.21. The number of hydrogen-bond donors (Lipinski definition) is 0. The average Bonchev–Trinajstić information content (AvgIpc) is 2.52. The second kappa shape index (κ2) is 7.31. The number of nitro groups is 1. The molecule has 0 heterocycles. The molecule has 0 radical (unpaired) electrons. The molecule has 0 aliphatic rings. The first-order valence-corrected chi connectivity index (χ1v) is 9.81. The normalized spacial score (nSPS) is 11.3. The van der Waals surface area contributed by atoms with Crippen molar-refractivity contribution in [1.29, 1.82) is 0 Å². The Hall–Kier alpha value is -1.93. The van der Waals surface area contributed by atoms with Gasteiger partial charge in [-0.25, -0.2) is 8.42 Å². The molecule has 0 aliphatic heterocycles. The maximum absolute atomic E-state index is 12.0. The van der Waals surface area contributed by atoms with E-state index in [1.807, 2.05) is 24.3 Å². The van der Waals surface area contributed by atoms with Crippen LogP contribution in [0.1, 0.15) is 5.56 Å². The van der Waals surface area contributed by atoms with Crippen molar-refractivity contribution >= 4 is 37.1 Å². The molecule has 2 rings (SSSR count). The van der Waals surface area contributed by atoms with Crippen molar-refractivity contribution in [2.24, 2.45) is 0 Å². The van der Waals surface area contributed by atoms with Gasteiger partial charge >= 0.3 is 0 Å². The van der Waals surface area contributed by atoms with E-state index in [4.69, 9.17) is 0 Å². The highest BCUT2D eigenvalue weighted by Crippen LogP contribution is 2.29. The van der Waals surface area contributed by atoms with Crippen molar-refractivity contribution in [2.45, 2.75) is 11.3 Å². The largest absolute Gasteiger partial charge is 0.373 e. The lowest BCUT2D eigenvalue weighted by Crippen LogP contribution is -2.22. The Morgan fingerprint density at radius 1 is 1.17 bits per heavy atom. The first-order valence-electron chi connectivity index (χ1n) is 7.12. The summed E-state index contributed by atoms with van der Waals surface area (Å²) in [5, 5.41) is 10.9. The molecular formula is C16H17BrN2O4S. The Morgan fingerprint density at radius 2 is 1.79 bits per heavy atom. The molecule has 0 fully saturated rings. The monoisotopic (exact) mass is 412 g/mol. The molecule has 2 aromatic carbocycles. The van der Waals surface area contributed by atoms with E-state index in [1.165, 1.54) is 12.1 Å². The molecule has 0 aliphatic carbocycles. The minimum absolute atomic E-state index is 0.0324. The van der Waals surface area contributed by atoms with Crippen molar-refractivity contribution in [1.82, 2.24) is 0 Å². The van der Waals surface area contributed by atoms with Gasteiger partial charge in [-0.1, -0.05) is 28.1 Å². The molecule has 8 heteroatoms. The van der Waals surface area contributed by atoms with Crippen LogP contribution in [-0.4, -0.2) is 33.2 Å². The van der Waals surface area contributed by atoms with E-state index in [0.29, 0.717) is 12.2 Å². The summed E-state index contributed by atoms with van der Waals surface area (Å²) in [6, 6.07) is 11.8. The van der Waals surface area contributed by atoms with Gasteiger partial charge in [0.25, 0.3) is 5.69 Å². The summed E-state index contributed by atoms with van der Waals surface area (Å²) in [6.45, 7) is 0.585. The molecule has 2 aromatic rings. The van der Waals surface area contributed by atoms with Crippen LogP contribution in [-0.2, 0) is 16.3 Å². The number of hydrogen-bond acceptors (Lipinski definition) is 5. The van der Waals surface area contributed by atoms with E-state index >= 15 is 0 Å². The fourth-order valence-corrected chi connectivity index (χ4v) is 3.50. The maximum Gasteiger partial charge on any atom is 0.270 e. The molecule has 128 valence electrons. The highest BCUT2D eigenvalue weighted by molar-refractivity contribution is 9.10. The van der Waals surface area contributed by atoms with Gasteiger partial charge in [0.15, 0.2) is 9.84 Å². The van der Waals surface area contributed by atoms with E-state index in [-0.39, 0.29) is 10.6 Å². The third-order valence-electron chi connectivity index (χ3n) is 3.61. The lowest BCUT2D eigenvalue weighted by atomic mass is 10.1. The SMILES string of the molecule is CN(CCc1ccc(Br)cc1)c1ccc([N+](=O)[O-])cc1S(C)(=O)=O. The second-order valence-corrected chi connectivity index (χ2v) is 8.38. The molecule has 0 unspecified atom stereocenters. The number of non-ortho nitro benzene ring substituents is 1. The molecule has 6 nitrogen and oxygen atoms in total. The molecule has 0 spiro atoms. The summed E-state index contributed by atoms with van der Waals surface area (Å²) in [7, 11) is -1.80. The predicted octanol–water partition coefficient (Wildman–Crippen LogP) is 3.44. The van der Waals surface area contributed by atoms with E-state index in [2.05, 4.69) is 15.9 Å². The number of sulfone groups is 1. The fraction of sp³-hybridized carbons (Fsp3) is 0.250. The number of anilines is 1. The average molecular weight is 413 g/mol. The van der Waals surface area contributed by atoms with Crippen LogP contribution in [0.25, 0.3) is 0 Å². The summed E-state index contributed by atoms with van der Waals surface area (Å²) in [5.41, 5.74) is 1.34. The third-order valence-corrected chi connectivity index (χ3v) is 5.27. The number of halogens is 1. The molecule has 0 atom stereocenters. The number of benzene rings is 2. The molecule has 0 saturated heterocycles. The molecule has 0 saturated carbocycles. The Kier molecular flexibility index (Phi) is 5.61. The number of nitrogens with zero attached hydrogens (tertiary/aromatic N) is 2. The van der Waals surface area contributed by atoms with Crippen LogP contribution < -0.4 is 4.90 Å². The van der Waals surface area contributed by atoms with Gasteiger partial charge in [0.2, 0.25) is 0 Å². The van der Waals surface area contributed by atoms with Crippen LogP contribution in [0.15, 0.2) is 51.8 Å². The van der Waals surface area contributed by atoms with Crippen LogP contribution >= 0.6 is 15.9 Å². The number of likely N-dealkylation sites (N-methyl/N-ethyl adjacent to an activating group) is 1. The summed E-state index contributed by atoms with van der Waals surface area (Å²) >= 11 is 3.38. The summed E-state index contributed by atoms with van der Waals surface area (Å²) < 4.78 is 25.0. The van der Waals surface area contributed by atoms with Gasteiger partial charge in [-0.2, -0.15) is 0 Å². The van der Waals surface area contributed by atoms with E-state index in [0.717, 1.165) is 28.8 Å². The second-order valence-electron chi connectivity index (χ2n) is 5.48. The van der Waals surface area contributed by atoms with Crippen LogP contribution in [0.3, 0.4) is 0 Å². The molecule has 0 N–H and O–H groups in total. The van der Waals surface area contributed by atoms with Gasteiger partial charge in [-0.3, -0.25) is 10.1 Å². The Labute approximate surface area is 149 Å². The van der Waals surface area contributed by atoms with Crippen LogP contribution in [0, 0.1) is 10.1 Å². The van der Waals surface area contributed by atoms with E-state index in [9.17, 15) is 18.5 Å². The Bertz CT molecular complexity index is 851.